The van der Waals surface area contributed by atoms with E-state index < -0.39 is 11.7 Å². The Bertz CT molecular complexity index is 433. The Balaban J connectivity index is 1.74. The van der Waals surface area contributed by atoms with Crippen LogP contribution in [0.5, 0.6) is 5.75 Å². The van der Waals surface area contributed by atoms with Gasteiger partial charge in [-0.2, -0.15) is 0 Å². The van der Waals surface area contributed by atoms with Crippen molar-refractivity contribution in [2.24, 2.45) is 0 Å². The lowest BCUT2D eigenvalue weighted by Gasteiger charge is -2.07. The van der Waals surface area contributed by atoms with E-state index in [9.17, 15) is 14.3 Å². The van der Waals surface area contributed by atoms with Crippen LogP contribution in [-0.2, 0) is 0 Å². The molecule has 4 nitrogen and oxygen atoms in total. The molecule has 1 saturated carbocycles. The van der Waals surface area contributed by atoms with Gasteiger partial charge in [-0.05, 0) is 44.0 Å². The van der Waals surface area contributed by atoms with Crippen molar-refractivity contribution in [2.45, 2.75) is 25.3 Å². The van der Waals surface area contributed by atoms with Crippen LogP contribution in [0.1, 0.15) is 29.6 Å². The highest BCUT2D eigenvalue weighted by Gasteiger charge is 2.19. The van der Waals surface area contributed by atoms with Crippen LogP contribution in [0.2, 0.25) is 0 Å². The lowest BCUT2D eigenvalue weighted by Crippen LogP contribution is -2.28. The number of rotatable bonds is 6. The summed E-state index contributed by atoms with van der Waals surface area (Å²) in [5.41, 5.74) is -0.0230. The van der Waals surface area contributed by atoms with Gasteiger partial charge in [0.15, 0.2) is 0 Å². The number of hydrogen-bond acceptors (Lipinski definition) is 3. The number of amides is 1. The van der Waals surface area contributed by atoms with Crippen LogP contribution in [0.4, 0.5) is 4.39 Å². The molecule has 1 aliphatic carbocycles. The van der Waals surface area contributed by atoms with Gasteiger partial charge >= 0.3 is 0 Å². The Hall–Kier alpha value is -1.62. The van der Waals surface area contributed by atoms with Gasteiger partial charge in [0.1, 0.15) is 11.6 Å². The van der Waals surface area contributed by atoms with E-state index in [1.807, 2.05) is 0 Å². The van der Waals surface area contributed by atoms with E-state index in [4.69, 9.17) is 0 Å². The van der Waals surface area contributed by atoms with Gasteiger partial charge in [0.2, 0.25) is 0 Å². The second kappa shape index (κ2) is 5.82. The maximum Gasteiger partial charge on any atom is 0.255 e. The highest BCUT2D eigenvalue weighted by Crippen LogP contribution is 2.18. The smallest absolute Gasteiger partial charge is 0.255 e. The van der Waals surface area contributed by atoms with Gasteiger partial charge in [0.05, 0.1) is 5.56 Å². The summed E-state index contributed by atoms with van der Waals surface area (Å²) in [6.45, 7) is 1.37. The summed E-state index contributed by atoms with van der Waals surface area (Å²) in [4.78, 5) is 11.7. The average molecular weight is 252 g/mol. The molecule has 1 aromatic carbocycles. The summed E-state index contributed by atoms with van der Waals surface area (Å²) in [7, 11) is 0. The zero-order valence-electron chi connectivity index (χ0n) is 10.1. The number of carbonyl (C=O) groups is 1. The maximum atomic E-state index is 12.9. The second-order valence-corrected chi connectivity index (χ2v) is 4.50. The van der Waals surface area contributed by atoms with Gasteiger partial charge in [-0.3, -0.25) is 4.79 Å². The minimum absolute atomic E-state index is 0.0230. The molecule has 5 heteroatoms. The normalized spacial score (nSPS) is 14.5. The lowest BCUT2D eigenvalue weighted by molar-refractivity contribution is 0.0950. The molecule has 0 atom stereocenters. The van der Waals surface area contributed by atoms with Crippen molar-refractivity contribution in [3.63, 3.8) is 0 Å². The third kappa shape index (κ3) is 3.70. The lowest BCUT2D eigenvalue weighted by atomic mass is 10.2. The van der Waals surface area contributed by atoms with Gasteiger partial charge in [-0.15, -0.1) is 0 Å². The van der Waals surface area contributed by atoms with E-state index in [2.05, 4.69) is 10.6 Å². The highest BCUT2D eigenvalue weighted by molar-refractivity contribution is 5.96. The first kappa shape index (κ1) is 12.8. The third-order valence-corrected chi connectivity index (χ3v) is 2.85. The fraction of sp³-hybridized carbons (Fsp3) is 0.462. The summed E-state index contributed by atoms with van der Waals surface area (Å²) < 4.78 is 12.9. The second-order valence-electron chi connectivity index (χ2n) is 4.50. The Morgan fingerprint density at radius 2 is 2.17 bits per heavy atom. The van der Waals surface area contributed by atoms with Crippen molar-refractivity contribution in [1.29, 1.82) is 0 Å². The molecule has 0 unspecified atom stereocenters. The zero-order valence-corrected chi connectivity index (χ0v) is 10.1. The van der Waals surface area contributed by atoms with Gasteiger partial charge in [0, 0.05) is 12.6 Å². The summed E-state index contributed by atoms with van der Waals surface area (Å²) in [6, 6.07) is 3.99. The topological polar surface area (TPSA) is 61.4 Å². The van der Waals surface area contributed by atoms with E-state index >= 15 is 0 Å². The number of carbonyl (C=O) groups excluding carboxylic acids is 1. The number of benzene rings is 1. The van der Waals surface area contributed by atoms with E-state index in [0.29, 0.717) is 12.6 Å². The Kier molecular flexibility index (Phi) is 4.15. The maximum absolute atomic E-state index is 12.9. The minimum Gasteiger partial charge on any atom is -0.507 e. The van der Waals surface area contributed by atoms with Crippen molar-refractivity contribution < 1.29 is 14.3 Å². The number of aromatic hydroxyl groups is 1. The molecule has 98 valence electrons. The SMILES string of the molecule is O=C(NCCCNC1CC1)c1cc(F)ccc1O. The van der Waals surface area contributed by atoms with Crippen LogP contribution in [0.15, 0.2) is 18.2 Å². The summed E-state index contributed by atoms with van der Waals surface area (Å²) in [6.07, 6.45) is 3.30. The van der Waals surface area contributed by atoms with Crippen molar-refractivity contribution in [3.8, 4) is 5.75 Å². The molecule has 1 aromatic rings. The molecule has 1 fully saturated rings. The third-order valence-electron chi connectivity index (χ3n) is 2.85. The number of phenolic OH excluding ortho intramolecular Hbond substituents is 1. The first-order valence-electron chi connectivity index (χ1n) is 6.17. The molecular weight excluding hydrogens is 235 g/mol. The molecule has 0 heterocycles. The largest absolute Gasteiger partial charge is 0.507 e. The van der Waals surface area contributed by atoms with Gasteiger partial charge in [-0.1, -0.05) is 0 Å². The number of hydrogen-bond donors (Lipinski definition) is 3. The first-order chi connectivity index (χ1) is 8.66. The Morgan fingerprint density at radius 1 is 1.39 bits per heavy atom. The number of halogens is 1. The molecule has 3 N–H and O–H groups in total. The van der Waals surface area contributed by atoms with Crippen LogP contribution in [0, 0.1) is 5.82 Å². The van der Waals surface area contributed by atoms with Crippen molar-refractivity contribution in [1.82, 2.24) is 10.6 Å². The van der Waals surface area contributed by atoms with E-state index in [1.54, 1.807) is 0 Å². The Labute approximate surface area is 105 Å². The predicted octanol–water partition coefficient (Wildman–Crippen LogP) is 1.40. The molecule has 0 spiro atoms. The van der Waals surface area contributed by atoms with Gasteiger partial charge in [-0.25, -0.2) is 4.39 Å². The fourth-order valence-corrected chi connectivity index (χ4v) is 1.67. The van der Waals surface area contributed by atoms with Crippen LogP contribution in [0.25, 0.3) is 0 Å². The van der Waals surface area contributed by atoms with Crippen LogP contribution < -0.4 is 10.6 Å². The molecular formula is C13H17FN2O2. The molecule has 0 aliphatic heterocycles. The summed E-state index contributed by atoms with van der Waals surface area (Å²) >= 11 is 0. The number of phenols is 1. The van der Waals surface area contributed by atoms with E-state index in [-0.39, 0.29) is 11.3 Å². The first-order valence-corrected chi connectivity index (χ1v) is 6.17. The van der Waals surface area contributed by atoms with Crippen molar-refractivity contribution in [3.05, 3.63) is 29.6 Å². The van der Waals surface area contributed by atoms with Crippen molar-refractivity contribution in [2.75, 3.05) is 13.1 Å². The van der Waals surface area contributed by atoms with Crippen molar-refractivity contribution >= 4 is 5.91 Å². The summed E-state index contributed by atoms with van der Waals surface area (Å²) in [5.74, 6) is -1.18. The molecule has 0 bridgehead atoms. The predicted molar refractivity (Wildman–Crippen MR) is 66.0 cm³/mol. The molecule has 0 radical (unpaired) electrons. The van der Waals surface area contributed by atoms with E-state index in [0.717, 1.165) is 25.1 Å². The average Bonchev–Trinajstić information content (AvgIpc) is 3.15. The minimum atomic E-state index is -0.534. The van der Waals surface area contributed by atoms with E-state index in [1.165, 1.54) is 18.9 Å². The van der Waals surface area contributed by atoms with Crippen LogP contribution in [0.3, 0.4) is 0 Å². The van der Waals surface area contributed by atoms with Crippen LogP contribution >= 0.6 is 0 Å². The fourth-order valence-electron chi connectivity index (χ4n) is 1.67. The molecule has 0 aromatic heterocycles. The zero-order chi connectivity index (χ0) is 13.0. The molecule has 2 rings (SSSR count). The Morgan fingerprint density at radius 3 is 2.89 bits per heavy atom. The summed E-state index contributed by atoms with van der Waals surface area (Å²) in [5, 5.41) is 15.4. The molecule has 1 amide bonds. The van der Waals surface area contributed by atoms with Gasteiger partial charge in [0.25, 0.3) is 5.91 Å². The molecule has 0 saturated heterocycles. The monoisotopic (exact) mass is 252 g/mol. The molecule has 18 heavy (non-hydrogen) atoms. The molecule has 1 aliphatic rings. The highest BCUT2D eigenvalue weighted by atomic mass is 19.1. The standard InChI is InChI=1S/C13H17FN2O2/c14-9-2-5-12(17)11(8-9)13(18)16-7-1-6-15-10-3-4-10/h2,5,8,10,15,17H,1,3-4,6-7H2,(H,16,18). The number of nitrogens with one attached hydrogen (secondary N) is 2. The van der Waals surface area contributed by atoms with Crippen LogP contribution in [-0.4, -0.2) is 30.1 Å². The quantitative estimate of drug-likeness (QED) is 0.671. The van der Waals surface area contributed by atoms with Gasteiger partial charge < -0.3 is 15.7 Å².